The number of hydrogen-bond donors (Lipinski definition) is 2. The van der Waals surface area contributed by atoms with Crippen LogP contribution in [0.1, 0.15) is 23.7 Å². The van der Waals surface area contributed by atoms with Crippen molar-refractivity contribution in [2.75, 3.05) is 7.11 Å². The second kappa shape index (κ2) is 5.47. The number of hydrogen-bond acceptors (Lipinski definition) is 5. The van der Waals surface area contributed by atoms with Gasteiger partial charge in [0.15, 0.2) is 5.65 Å². The van der Waals surface area contributed by atoms with Crippen molar-refractivity contribution in [3.8, 4) is 0 Å². The van der Waals surface area contributed by atoms with E-state index in [1.165, 1.54) is 19.6 Å². The molecule has 100 valence electrons. The number of methoxy groups -OCH3 is 1. The fraction of sp³-hybridized carbons (Fsp3) is 0.333. The van der Waals surface area contributed by atoms with Gasteiger partial charge in [0.05, 0.1) is 24.5 Å². The number of amides is 1. The second-order valence-corrected chi connectivity index (χ2v) is 3.92. The molecule has 0 bridgehead atoms. The Bertz CT molecular complexity index is 608. The monoisotopic (exact) mass is 262 g/mol. The normalized spacial score (nSPS) is 12.1. The smallest absolute Gasteiger partial charge is 0.328 e. The predicted molar refractivity (Wildman–Crippen MR) is 67.4 cm³/mol. The molecule has 0 saturated heterocycles. The van der Waals surface area contributed by atoms with Gasteiger partial charge in [-0.2, -0.15) is 0 Å². The van der Waals surface area contributed by atoms with Gasteiger partial charge in [-0.25, -0.2) is 14.8 Å². The summed E-state index contributed by atoms with van der Waals surface area (Å²) in [5.74, 6) is -0.834. The third-order valence-corrected chi connectivity index (χ3v) is 2.77. The van der Waals surface area contributed by atoms with E-state index in [4.69, 9.17) is 0 Å². The highest BCUT2D eigenvalue weighted by Crippen LogP contribution is 2.12. The lowest BCUT2D eigenvalue weighted by Gasteiger charge is -2.14. The van der Waals surface area contributed by atoms with Crippen molar-refractivity contribution in [1.29, 1.82) is 0 Å². The van der Waals surface area contributed by atoms with Crippen LogP contribution in [0.2, 0.25) is 0 Å². The van der Waals surface area contributed by atoms with Crippen LogP contribution >= 0.6 is 0 Å². The number of nitrogens with zero attached hydrogens (tertiary/aromatic N) is 2. The number of aromatic nitrogens is 3. The van der Waals surface area contributed by atoms with Gasteiger partial charge in [-0.3, -0.25) is 4.79 Å². The minimum atomic E-state index is -0.663. The van der Waals surface area contributed by atoms with Crippen molar-refractivity contribution in [1.82, 2.24) is 20.3 Å². The highest BCUT2D eigenvalue weighted by Gasteiger charge is 2.21. The van der Waals surface area contributed by atoms with Crippen LogP contribution < -0.4 is 5.32 Å². The Morgan fingerprint density at radius 1 is 1.47 bits per heavy atom. The lowest BCUT2D eigenvalue weighted by Crippen LogP contribution is -2.41. The summed E-state index contributed by atoms with van der Waals surface area (Å²) in [4.78, 5) is 34.5. The fourth-order valence-electron chi connectivity index (χ4n) is 1.74. The van der Waals surface area contributed by atoms with E-state index in [1.807, 2.05) is 0 Å². The maximum atomic E-state index is 12.2. The van der Waals surface area contributed by atoms with E-state index in [0.29, 0.717) is 23.1 Å². The molecule has 0 aliphatic heterocycles. The summed E-state index contributed by atoms with van der Waals surface area (Å²) in [6.07, 6.45) is 3.42. The summed E-state index contributed by atoms with van der Waals surface area (Å²) in [5.41, 5.74) is 1.39. The molecule has 0 aliphatic carbocycles. The van der Waals surface area contributed by atoms with E-state index >= 15 is 0 Å². The SMILES string of the molecule is CC[C@H](NC(=O)c1ccnc2nc[nH]c12)C(=O)OC. The molecule has 2 aromatic rings. The van der Waals surface area contributed by atoms with Crippen LogP contribution in [0.4, 0.5) is 0 Å². The standard InChI is InChI=1S/C12H14N4O3/c1-3-8(12(18)19-2)16-11(17)7-4-5-13-10-9(7)14-6-15-10/h4-6,8H,3H2,1-2H3,(H,16,17)(H,13,14,15)/t8-/m0/s1. The van der Waals surface area contributed by atoms with E-state index in [1.54, 1.807) is 13.0 Å². The van der Waals surface area contributed by atoms with Crippen LogP contribution in [-0.2, 0) is 9.53 Å². The molecule has 0 aliphatic rings. The zero-order valence-corrected chi connectivity index (χ0v) is 10.6. The molecule has 0 radical (unpaired) electrons. The summed E-state index contributed by atoms with van der Waals surface area (Å²) in [7, 11) is 1.29. The van der Waals surface area contributed by atoms with Gasteiger partial charge in [0.1, 0.15) is 6.04 Å². The first-order valence-electron chi connectivity index (χ1n) is 5.84. The van der Waals surface area contributed by atoms with Gasteiger partial charge in [0, 0.05) is 6.20 Å². The number of aromatic amines is 1. The predicted octanol–water partition coefficient (Wildman–Crippen LogP) is 0.639. The summed E-state index contributed by atoms with van der Waals surface area (Å²) in [5, 5.41) is 2.63. The summed E-state index contributed by atoms with van der Waals surface area (Å²) < 4.78 is 4.63. The van der Waals surface area contributed by atoms with Crippen LogP contribution in [0.25, 0.3) is 11.2 Å². The van der Waals surface area contributed by atoms with E-state index in [0.717, 1.165) is 0 Å². The van der Waals surface area contributed by atoms with Crippen LogP contribution in [0.3, 0.4) is 0 Å². The number of nitrogens with one attached hydrogen (secondary N) is 2. The first kappa shape index (κ1) is 13.0. The van der Waals surface area contributed by atoms with Gasteiger partial charge in [-0.1, -0.05) is 6.92 Å². The molecule has 0 aromatic carbocycles. The first-order chi connectivity index (χ1) is 9.17. The molecular formula is C12H14N4O3. The van der Waals surface area contributed by atoms with Gasteiger partial charge in [-0.05, 0) is 12.5 Å². The maximum Gasteiger partial charge on any atom is 0.328 e. The quantitative estimate of drug-likeness (QED) is 0.788. The topological polar surface area (TPSA) is 97.0 Å². The van der Waals surface area contributed by atoms with Gasteiger partial charge < -0.3 is 15.0 Å². The molecule has 0 fully saturated rings. The van der Waals surface area contributed by atoms with Crippen LogP contribution in [0, 0.1) is 0 Å². The van der Waals surface area contributed by atoms with Crippen LogP contribution in [0.15, 0.2) is 18.6 Å². The Kier molecular flexibility index (Phi) is 3.74. The number of ether oxygens (including phenoxy) is 1. The highest BCUT2D eigenvalue weighted by molar-refractivity contribution is 6.05. The fourth-order valence-corrected chi connectivity index (χ4v) is 1.74. The average molecular weight is 262 g/mol. The van der Waals surface area contributed by atoms with Crippen molar-refractivity contribution >= 4 is 23.0 Å². The third-order valence-electron chi connectivity index (χ3n) is 2.77. The summed E-state index contributed by atoms with van der Waals surface area (Å²) in [6.45, 7) is 1.79. The van der Waals surface area contributed by atoms with Crippen LogP contribution in [-0.4, -0.2) is 40.0 Å². The van der Waals surface area contributed by atoms with Crippen molar-refractivity contribution in [2.45, 2.75) is 19.4 Å². The van der Waals surface area contributed by atoms with Gasteiger partial charge in [0.2, 0.25) is 0 Å². The molecule has 1 atom stereocenters. The van der Waals surface area contributed by atoms with E-state index in [-0.39, 0.29) is 5.91 Å². The average Bonchev–Trinajstić information content (AvgIpc) is 2.91. The number of imidazole rings is 1. The Labute approximate surface area is 109 Å². The first-order valence-corrected chi connectivity index (χ1v) is 5.84. The van der Waals surface area contributed by atoms with Gasteiger partial charge in [0.25, 0.3) is 5.91 Å². The molecule has 7 heteroatoms. The molecular weight excluding hydrogens is 248 g/mol. The summed E-state index contributed by atoms with van der Waals surface area (Å²) in [6, 6.07) is 0.906. The van der Waals surface area contributed by atoms with E-state index < -0.39 is 12.0 Å². The number of esters is 1. The van der Waals surface area contributed by atoms with Crippen molar-refractivity contribution in [3.63, 3.8) is 0 Å². The Balaban J connectivity index is 2.24. The Morgan fingerprint density at radius 2 is 2.26 bits per heavy atom. The summed E-state index contributed by atoms with van der Waals surface area (Å²) >= 11 is 0. The molecule has 2 aromatic heterocycles. The van der Waals surface area contributed by atoms with E-state index in [2.05, 4.69) is 25.0 Å². The number of pyridine rings is 1. The highest BCUT2D eigenvalue weighted by atomic mass is 16.5. The minimum absolute atomic E-state index is 0.367. The second-order valence-electron chi connectivity index (χ2n) is 3.92. The van der Waals surface area contributed by atoms with E-state index in [9.17, 15) is 9.59 Å². The van der Waals surface area contributed by atoms with Crippen LogP contribution in [0.5, 0.6) is 0 Å². The zero-order chi connectivity index (χ0) is 13.8. The maximum absolute atomic E-state index is 12.2. The molecule has 2 N–H and O–H groups in total. The van der Waals surface area contributed by atoms with Gasteiger partial charge >= 0.3 is 5.97 Å². The molecule has 2 heterocycles. The number of rotatable bonds is 4. The Hall–Kier alpha value is -2.44. The number of fused-ring (bicyclic) bond motifs is 1. The molecule has 7 nitrogen and oxygen atoms in total. The van der Waals surface area contributed by atoms with Crippen molar-refractivity contribution in [2.24, 2.45) is 0 Å². The molecule has 0 saturated carbocycles. The third kappa shape index (κ3) is 2.54. The molecule has 1 amide bonds. The lowest BCUT2D eigenvalue weighted by atomic mass is 10.2. The zero-order valence-electron chi connectivity index (χ0n) is 10.6. The molecule has 0 spiro atoms. The van der Waals surface area contributed by atoms with Gasteiger partial charge in [-0.15, -0.1) is 0 Å². The largest absolute Gasteiger partial charge is 0.467 e. The molecule has 0 unspecified atom stereocenters. The number of H-pyrrole nitrogens is 1. The lowest BCUT2D eigenvalue weighted by molar-refractivity contribution is -0.142. The Morgan fingerprint density at radius 3 is 2.95 bits per heavy atom. The molecule has 19 heavy (non-hydrogen) atoms. The van der Waals surface area contributed by atoms with Crippen molar-refractivity contribution < 1.29 is 14.3 Å². The number of carbonyl (C=O) groups is 2. The van der Waals surface area contributed by atoms with Crippen molar-refractivity contribution in [3.05, 3.63) is 24.2 Å². The minimum Gasteiger partial charge on any atom is -0.467 e. The molecule has 2 rings (SSSR count). The number of carbonyl (C=O) groups excluding carboxylic acids is 2.